The lowest BCUT2D eigenvalue weighted by molar-refractivity contribution is -0.122. The van der Waals surface area contributed by atoms with Gasteiger partial charge in [-0.1, -0.05) is 6.07 Å². The monoisotopic (exact) mass is 473 g/mol. The summed E-state index contributed by atoms with van der Waals surface area (Å²) in [6, 6.07) is 7.55. The lowest BCUT2D eigenvalue weighted by Crippen LogP contribution is -2.43. The molecule has 9 nitrogen and oxygen atoms in total. The Bertz CT molecular complexity index is 1230. The molecule has 0 aliphatic carbocycles. The number of carbonyl (C=O) groups excluding carboxylic acids is 2. The molecule has 0 unspecified atom stereocenters. The zero-order valence-corrected chi connectivity index (χ0v) is 19.8. The Balaban J connectivity index is 1.63. The number of anilines is 2. The Morgan fingerprint density at radius 2 is 2.00 bits per heavy atom. The molecule has 2 heterocycles. The van der Waals surface area contributed by atoms with Crippen molar-refractivity contribution in [3.8, 4) is 11.5 Å². The summed E-state index contributed by atoms with van der Waals surface area (Å²) in [6.45, 7) is 5.37. The number of amides is 2. The van der Waals surface area contributed by atoms with Crippen LogP contribution in [0.15, 0.2) is 35.2 Å². The molecule has 1 saturated heterocycles. The molecule has 2 aliphatic heterocycles. The molecule has 0 saturated carbocycles. The number of nitrogens with zero attached hydrogens (tertiary/aromatic N) is 1. The Kier molecular flexibility index (Phi) is 6.06. The summed E-state index contributed by atoms with van der Waals surface area (Å²) in [5.41, 5.74) is 2.32. The fourth-order valence-corrected chi connectivity index (χ4v) is 6.05. The lowest BCUT2D eigenvalue weighted by atomic mass is 10.1. The van der Waals surface area contributed by atoms with Crippen LogP contribution in [0.3, 0.4) is 0 Å². The first-order valence-corrected chi connectivity index (χ1v) is 12.2. The van der Waals surface area contributed by atoms with E-state index in [1.54, 1.807) is 32.0 Å². The Morgan fingerprint density at radius 3 is 2.73 bits per heavy atom. The van der Waals surface area contributed by atoms with Gasteiger partial charge in [-0.15, -0.1) is 0 Å². The van der Waals surface area contributed by atoms with Gasteiger partial charge in [0.1, 0.15) is 17.5 Å². The van der Waals surface area contributed by atoms with E-state index in [0.717, 1.165) is 5.56 Å². The fourth-order valence-electron chi connectivity index (χ4n) is 4.17. The maximum atomic E-state index is 13.6. The Morgan fingerprint density at radius 1 is 1.24 bits per heavy atom. The summed E-state index contributed by atoms with van der Waals surface area (Å²) in [5, 5.41) is 5.55. The number of ether oxygens (including phenoxy) is 2. The van der Waals surface area contributed by atoms with Crippen molar-refractivity contribution in [1.29, 1.82) is 0 Å². The second-order valence-electron chi connectivity index (χ2n) is 8.33. The van der Waals surface area contributed by atoms with E-state index in [2.05, 4.69) is 10.6 Å². The van der Waals surface area contributed by atoms with Crippen LogP contribution in [0.4, 0.5) is 11.4 Å². The van der Waals surface area contributed by atoms with Gasteiger partial charge >= 0.3 is 0 Å². The molecule has 0 aromatic heterocycles. The van der Waals surface area contributed by atoms with Crippen LogP contribution < -0.4 is 20.1 Å². The fraction of sp³-hybridized carbons (Fsp3) is 0.391. The minimum Gasteiger partial charge on any atom is -0.495 e. The van der Waals surface area contributed by atoms with Crippen molar-refractivity contribution in [3.05, 3.63) is 41.5 Å². The standard InChI is InChI=1S/C23H27N3O6S/c1-13-7-8-19(31-4)16(10-13)25-23(28)18-6-5-9-26(18)33(29,30)21-12-20-17(11-14(21)2)24-22(27)15(3)32-20/h7-8,10-12,15,18H,5-6,9H2,1-4H3,(H,24,27)(H,25,28)/t15-,18-/m0/s1. The van der Waals surface area contributed by atoms with Gasteiger partial charge in [0.05, 0.1) is 23.4 Å². The highest BCUT2D eigenvalue weighted by Crippen LogP contribution is 2.37. The van der Waals surface area contributed by atoms with Gasteiger partial charge in [0, 0.05) is 12.6 Å². The maximum absolute atomic E-state index is 13.6. The Labute approximate surface area is 193 Å². The molecule has 10 heteroatoms. The number of hydrogen-bond donors (Lipinski definition) is 2. The molecule has 0 radical (unpaired) electrons. The number of carbonyl (C=O) groups is 2. The molecule has 2 N–H and O–H groups in total. The lowest BCUT2D eigenvalue weighted by Gasteiger charge is -2.27. The number of nitrogens with one attached hydrogen (secondary N) is 2. The number of aryl methyl sites for hydroxylation is 2. The first-order chi connectivity index (χ1) is 15.6. The van der Waals surface area contributed by atoms with Crippen LogP contribution in [0, 0.1) is 13.8 Å². The van der Waals surface area contributed by atoms with Crippen molar-refractivity contribution in [2.75, 3.05) is 24.3 Å². The second kappa shape index (κ2) is 8.68. The predicted molar refractivity (Wildman–Crippen MR) is 123 cm³/mol. The van der Waals surface area contributed by atoms with Crippen LogP contribution in [0.1, 0.15) is 30.9 Å². The molecule has 2 aromatic carbocycles. The smallest absolute Gasteiger partial charge is 0.265 e. The number of fused-ring (bicyclic) bond motifs is 1. The zero-order chi connectivity index (χ0) is 23.9. The first-order valence-electron chi connectivity index (χ1n) is 10.7. The number of benzene rings is 2. The number of rotatable bonds is 5. The van der Waals surface area contributed by atoms with E-state index in [1.807, 2.05) is 13.0 Å². The van der Waals surface area contributed by atoms with Crippen molar-refractivity contribution in [3.63, 3.8) is 0 Å². The Hall–Kier alpha value is -3.11. The van der Waals surface area contributed by atoms with Crippen LogP contribution >= 0.6 is 0 Å². The van der Waals surface area contributed by atoms with E-state index < -0.39 is 28.1 Å². The van der Waals surface area contributed by atoms with E-state index in [-0.39, 0.29) is 23.1 Å². The summed E-state index contributed by atoms with van der Waals surface area (Å²) in [4.78, 5) is 25.1. The van der Waals surface area contributed by atoms with Crippen LogP contribution in [0.25, 0.3) is 0 Å². The summed E-state index contributed by atoms with van der Waals surface area (Å²) in [7, 11) is -2.48. The van der Waals surface area contributed by atoms with E-state index >= 15 is 0 Å². The van der Waals surface area contributed by atoms with Crippen LogP contribution in [-0.2, 0) is 19.6 Å². The van der Waals surface area contributed by atoms with Gasteiger partial charge < -0.3 is 20.1 Å². The number of methoxy groups -OCH3 is 1. The average Bonchev–Trinajstić information content (AvgIpc) is 3.26. The van der Waals surface area contributed by atoms with E-state index in [4.69, 9.17) is 9.47 Å². The zero-order valence-electron chi connectivity index (χ0n) is 19.0. The summed E-state index contributed by atoms with van der Waals surface area (Å²) < 4.78 is 39.4. The third-order valence-electron chi connectivity index (χ3n) is 5.91. The third-order valence-corrected chi connectivity index (χ3v) is 7.96. The second-order valence-corrected chi connectivity index (χ2v) is 10.2. The largest absolute Gasteiger partial charge is 0.495 e. The van der Waals surface area contributed by atoms with Gasteiger partial charge in [0.2, 0.25) is 15.9 Å². The highest BCUT2D eigenvalue weighted by Gasteiger charge is 2.41. The molecule has 2 aromatic rings. The van der Waals surface area contributed by atoms with Crippen LogP contribution in [0.5, 0.6) is 11.5 Å². The minimum atomic E-state index is -4.00. The molecule has 0 bridgehead atoms. The van der Waals surface area contributed by atoms with E-state index in [1.165, 1.54) is 17.5 Å². The molecule has 2 amide bonds. The molecular weight excluding hydrogens is 446 g/mol. The topological polar surface area (TPSA) is 114 Å². The number of sulfonamides is 1. The molecular formula is C23H27N3O6S. The normalized spacial score (nSPS) is 20.5. The highest BCUT2D eigenvalue weighted by atomic mass is 32.2. The van der Waals surface area contributed by atoms with Crippen molar-refractivity contribution < 1.29 is 27.5 Å². The van der Waals surface area contributed by atoms with Crippen molar-refractivity contribution in [2.24, 2.45) is 0 Å². The first kappa shape index (κ1) is 23.1. The van der Waals surface area contributed by atoms with Gasteiger partial charge in [-0.05, 0) is 62.9 Å². The van der Waals surface area contributed by atoms with Gasteiger partial charge in [-0.2, -0.15) is 4.31 Å². The molecule has 1 fully saturated rings. The quantitative estimate of drug-likeness (QED) is 0.690. The summed E-state index contributed by atoms with van der Waals surface area (Å²) >= 11 is 0. The van der Waals surface area contributed by atoms with E-state index in [9.17, 15) is 18.0 Å². The molecule has 4 rings (SSSR count). The van der Waals surface area contributed by atoms with Crippen molar-refractivity contribution in [2.45, 2.75) is 50.7 Å². The highest BCUT2D eigenvalue weighted by molar-refractivity contribution is 7.89. The van der Waals surface area contributed by atoms with E-state index in [0.29, 0.717) is 35.5 Å². The SMILES string of the molecule is COc1ccc(C)cc1NC(=O)[C@@H]1CCCN1S(=O)(=O)c1cc2c(cc1C)NC(=O)[C@H](C)O2. The van der Waals surface area contributed by atoms with Crippen molar-refractivity contribution >= 4 is 33.2 Å². The summed E-state index contributed by atoms with van der Waals surface area (Å²) in [5.74, 6) is 0.0873. The van der Waals surface area contributed by atoms with Gasteiger partial charge in [0.25, 0.3) is 5.91 Å². The predicted octanol–water partition coefficient (Wildman–Crippen LogP) is 2.82. The van der Waals surface area contributed by atoms with Gasteiger partial charge in [-0.25, -0.2) is 8.42 Å². The average molecular weight is 474 g/mol. The van der Waals surface area contributed by atoms with Gasteiger partial charge in [-0.3, -0.25) is 9.59 Å². The van der Waals surface area contributed by atoms with Crippen molar-refractivity contribution in [1.82, 2.24) is 4.31 Å². The molecule has 2 atom stereocenters. The maximum Gasteiger partial charge on any atom is 0.265 e. The minimum absolute atomic E-state index is 0.0532. The molecule has 0 spiro atoms. The van der Waals surface area contributed by atoms with Crippen LogP contribution in [-0.4, -0.2) is 50.3 Å². The molecule has 176 valence electrons. The number of hydrogen-bond acceptors (Lipinski definition) is 6. The van der Waals surface area contributed by atoms with Gasteiger partial charge in [0.15, 0.2) is 6.10 Å². The summed E-state index contributed by atoms with van der Waals surface area (Å²) in [6.07, 6.45) is 0.244. The van der Waals surface area contributed by atoms with Crippen LogP contribution in [0.2, 0.25) is 0 Å². The third kappa shape index (κ3) is 4.28. The molecule has 2 aliphatic rings. The molecule has 33 heavy (non-hydrogen) atoms.